The lowest BCUT2D eigenvalue weighted by Gasteiger charge is -2.28. The van der Waals surface area contributed by atoms with Gasteiger partial charge in [-0.3, -0.25) is 4.79 Å². The molecule has 2 rings (SSSR count). The number of hydrogen-bond donors (Lipinski definition) is 1. The van der Waals surface area contributed by atoms with E-state index in [9.17, 15) is 4.79 Å². The minimum absolute atomic E-state index is 0.0293. The Morgan fingerprint density at radius 2 is 2.57 bits per heavy atom. The molecule has 0 saturated carbocycles. The Morgan fingerprint density at radius 3 is 3.21 bits per heavy atom. The van der Waals surface area contributed by atoms with Gasteiger partial charge < -0.3 is 10.1 Å². The third-order valence-electron chi connectivity index (χ3n) is 2.36. The topological polar surface area (TPSA) is 38.3 Å². The minimum Gasteiger partial charge on any atom is -0.375 e. The number of Topliss-reactive ketones (excluding diaryl/α,β-unsaturated/α-hetero) is 1. The van der Waals surface area contributed by atoms with Crippen molar-refractivity contribution < 1.29 is 9.53 Å². The molecule has 0 aliphatic carbocycles. The van der Waals surface area contributed by atoms with Crippen LogP contribution >= 0.6 is 11.3 Å². The molecule has 1 N–H and O–H groups in total. The van der Waals surface area contributed by atoms with Gasteiger partial charge >= 0.3 is 0 Å². The molecule has 14 heavy (non-hydrogen) atoms. The van der Waals surface area contributed by atoms with Gasteiger partial charge in [0.2, 0.25) is 0 Å². The highest BCUT2D eigenvalue weighted by atomic mass is 32.1. The number of morpholine rings is 1. The van der Waals surface area contributed by atoms with E-state index in [2.05, 4.69) is 5.32 Å². The maximum absolute atomic E-state index is 11.9. The van der Waals surface area contributed by atoms with Crippen LogP contribution in [-0.2, 0) is 4.74 Å². The molecule has 2 unspecified atom stereocenters. The third kappa shape index (κ3) is 1.87. The van der Waals surface area contributed by atoms with Crippen LogP contribution in [0.3, 0.4) is 0 Å². The zero-order chi connectivity index (χ0) is 9.97. The fourth-order valence-corrected chi connectivity index (χ4v) is 2.30. The number of hydrogen-bond acceptors (Lipinski definition) is 4. The molecule has 3 nitrogen and oxygen atoms in total. The zero-order valence-electron chi connectivity index (χ0n) is 8.03. The van der Waals surface area contributed by atoms with Crippen LogP contribution in [0, 0.1) is 0 Å². The van der Waals surface area contributed by atoms with Crippen LogP contribution in [0.1, 0.15) is 16.6 Å². The summed E-state index contributed by atoms with van der Waals surface area (Å²) in [6.07, 6.45) is -0.0293. The summed E-state index contributed by atoms with van der Waals surface area (Å²) >= 11 is 1.48. The molecular formula is C10H13NO2S. The summed E-state index contributed by atoms with van der Waals surface area (Å²) in [6, 6.07) is 3.57. The van der Waals surface area contributed by atoms with Crippen LogP contribution < -0.4 is 5.32 Å². The van der Waals surface area contributed by atoms with E-state index in [0.717, 1.165) is 11.4 Å². The van der Waals surface area contributed by atoms with E-state index in [1.807, 2.05) is 24.4 Å². The van der Waals surface area contributed by atoms with Gasteiger partial charge in [0.15, 0.2) is 5.78 Å². The second kappa shape index (κ2) is 4.21. The Kier molecular flexibility index (Phi) is 2.96. The predicted molar refractivity (Wildman–Crippen MR) is 55.9 cm³/mol. The minimum atomic E-state index is -0.178. The SMILES string of the molecule is CC1OCCNC1C(=O)c1cccs1. The number of carbonyl (C=O) groups is 1. The molecule has 1 saturated heterocycles. The maximum Gasteiger partial charge on any atom is 0.192 e. The van der Waals surface area contributed by atoms with Crippen LogP contribution in [0.4, 0.5) is 0 Å². The molecule has 0 amide bonds. The first-order valence-electron chi connectivity index (χ1n) is 4.72. The molecular weight excluding hydrogens is 198 g/mol. The van der Waals surface area contributed by atoms with Crippen molar-refractivity contribution in [2.45, 2.75) is 19.1 Å². The van der Waals surface area contributed by atoms with Crippen molar-refractivity contribution in [3.63, 3.8) is 0 Å². The van der Waals surface area contributed by atoms with E-state index in [1.165, 1.54) is 11.3 Å². The van der Waals surface area contributed by atoms with Crippen LogP contribution in [0.2, 0.25) is 0 Å². The number of nitrogens with one attached hydrogen (secondary N) is 1. The smallest absolute Gasteiger partial charge is 0.192 e. The van der Waals surface area contributed by atoms with E-state index < -0.39 is 0 Å². The number of thiophene rings is 1. The van der Waals surface area contributed by atoms with Crippen LogP contribution in [0.15, 0.2) is 17.5 Å². The van der Waals surface area contributed by atoms with Gasteiger partial charge in [0.25, 0.3) is 0 Å². The number of ether oxygens (including phenoxy) is 1. The predicted octanol–water partition coefficient (Wildman–Crippen LogP) is 1.31. The highest BCUT2D eigenvalue weighted by Crippen LogP contribution is 2.15. The molecule has 0 aromatic carbocycles. The summed E-state index contributed by atoms with van der Waals surface area (Å²) in [6.45, 7) is 3.38. The summed E-state index contributed by atoms with van der Waals surface area (Å²) in [5.41, 5.74) is 0. The summed E-state index contributed by atoms with van der Waals surface area (Å²) in [5, 5.41) is 5.11. The third-order valence-corrected chi connectivity index (χ3v) is 3.25. The largest absolute Gasteiger partial charge is 0.375 e. The number of rotatable bonds is 2. The van der Waals surface area contributed by atoms with Crippen LogP contribution in [0.5, 0.6) is 0 Å². The van der Waals surface area contributed by atoms with Gasteiger partial charge in [-0.25, -0.2) is 0 Å². The standard InChI is InChI=1S/C10H13NO2S/c1-7-9(11-4-5-13-7)10(12)8-3-2-6-14-8/h2-3,6-7,9,11H,4-5H2,1H3. The lowest BCUT2D eigenvalue weighted by atomic mass is 10.1. The highest BCUT2D eigenvalue weighted by molar-refractivity contribution is 7.12. The normalized spacial score (nSPS) is 27.5. The van der Waals surface area contributed by atoms with Gasteiger partial charge in [0.05, 0.1) is 23.6 Å². The summed E-state index contributed by atoms with van der Waals surface area (Å²) in [4.78, 5) is 12.7. The number of ketones is 1. The van der Waals surface area contributed by atoms with Crippen LogP contribution in [0.25, 0.3) is 0 Å². The Labute approximate surface area is 87.1 Å². The first kappa shape index (κ1) is 9.83. The molecule has 2 atom stereocenters. The Morgan fingerprint density at radius 1 is 1.71 bits per heavy atom. The van der Waals surface area contributed by atoms with E-state index >= 15 is 0 Å². The van der Waals surface area contributed by atoms with Gasteiger partial charge in [0.1, 0.15) is 0 Å². The number of carbonyl (C=O) groups excluding carboxylic acids is 1. The van der Waals surface area contributed by atoms with E-state index in [1.54, 1.807) is 0 Å². The highest BCUT2D eigenvalue weighted by Gasteiger charge is 2.29. The first-order chi connectivity index (χ1) is 6.79. The Hall–Kier alpha value is -0.710. The summed E-state index contributed by atoms with van der Waals surface area (Å²) < 4.78 is 5.43. The molecule has 76 valence electrons. The maximum atomic E-state index is 11.9. The lowest BCUT2D eigenvalue weighted by Crippen LogP contribution is -2.51. The van der Waals surface area contributed by atoms with Crippen molar-refractivity contribution in [1.29, 1.82) is 0 Å². The average Bonchev–Trinajstić information content (AvgIpc) is 2.70. The average molecular weight is 211 g/mol. The van der Waals surface area contributed by atoms with Crippen molar-refractivity contribution in [3.05, 3.63) is 22.4 Å². The van der Waals surface area contributed by atoms with Crippen molar-refractivity contribution in [2.24, 2.45) is 0 Å². The molecule has 0 radical (unpaired) electrons. The second-order valence-electron chi connectivity index (χ2n) is 3.35. The fraction of sp³-hybridized carbons (Fsp3) is 0.500. The Balaban J connectivity index is 2.10. The molecule has 1 aromatic rings. The van der Waals surface area contributed by atoms with Crippen molar-refractivity contribution >= 4 is 17.1 Å². The van der Waals surface area contributed by atoms with Crippen molar-refractivity contribution in [1.82, 2.24) is 5.32 Å². The second-order valence-corrected chi connectivity index (χ2v) is 4.30. The first-order valence-corrected chi connectivity index (χ1v) is 5.59. The molecule has 0 bridgehead atoms. The molecule has 1 fully saturated rings. The molecule has 4 heteroatoms. The fourth-order valence-electron chi connectivity index (χ4n) is 1.60. The Bertz CT molecular complexity index is 310. The molecule has 1 aromatic heterocycles. The molecule has 1 aliphatic rings. The van der Waals surface area contributed by atoms with E-state index in [0.29, 0.717) is 6.61 Å². The molecule has 2 heterocycles. The van der Waals surface area contributed by atoms with Crippen molar-refractivity contribution in [2.75, 3.05) is 13.2 Å². The van der Waals surface area contributed by atoms with Gasteiger partial charge in [-0.2, -0.15) is 0 Å². The van der Waals surface area contributed by atoms with E-state index in [-0.39, 0.29) is 17.9 Å². The van der Waals surface area contributed by atoms with Gasteiger partial charge in [-0.1, -0.05) is 6.07 Å². The van der Waals surface area contributed by atoms with E-state index in [4.69, 9.17) is 4.74 Å². The van der Waals surface area contributed by atoms with Crippen LogP contribution in [-0.4, -0.2) is 31.1 Å². The quantitative estimate of drug-likeness (QED) is 0.749. The monoisotopic (exact) mass is 211 g/mol. The van der Waals surface area contributed by atoms with Crippen molar-refractivity contribution in [3.8, 4) is 0 Å². The molecule has 1 aliphatic heterocycles. The van der Waals surface area contributed by atoms with Gasteiger partial charge in [0, 0.05) is 6.54 Å². The molecule has 0 spiro atoms. The summed E-state index contributed by atoms with van der Waals surface area (Å²) in [7, 11) is 0. The summed E-state index contributed by atoms with van der Waals surface area (Å²) in [5.74, 6) is 0.146. The van der Waals surface area contributed by atoms with Gasteiger partial charge in [-0.15, -0.1) is 11.3 Å². The lowest BCUT2D eigenvalue weighted by molar-refractivity contribution is 0.0113. The van der Waals surface area contributed by atoms with Gasteiger partial charge in [-0.05, 0) is 18.4 Å². The zero-order valence-corrected chi connectivity index (χ0v) is 8.84.